The van der Waals surface area contributed by atoms with Gasteiger partial charge >= 0.3 is 0 Å². The van der Waals surface area contributed by atoms with Crippen LogP contribution in [0.25, 0.3) is 31.9 Å². The Bertz CT molecular complexity index is 1230. The van der Waals surface area contributed by atoms with Crippen molar-refractivity contribution >= 4 is 33.7 Å². The molecule has 5 nitrogen and oxygen atoms in total. The number of rotatable bonds is 0. The molecule has 130 valence electrons. The molecule has 0 saturated heterocycles. The second-order valence-electron chi connectivity index (χ2n) is 6.74. The molecule has 7 heteroatoms. The molecule has 2 aliphatic heterocycles. The number of benzene rings is 1. The third-order valence-electron chi connectivity index (χ3n) is 5.27. The van der Waals surface area contributed by atoms with Crippen LogP contribution in [0.4, 0.5) is 0 Å². The lowest BCUT2D eigenvalue weighted by molar-refractivity contribution is 0.281. The summed E-state index contributed by atoms with van der Waals surface area (Å²) in [5.41, 5.74) is 7.33. The van der Waals surface area contributed by atoms with Crippen molar-refractivity contribution in [1.82, 2.24) is 10.3 Å². The number of nitrogens with zero attached hydrogens (tertiary/aromatic N) is 2. The number of fused-ring (bicyclic) bond motifs is 10. The summed E-state index contributed by atoms with van der Waals surface area (Å²) < 4.78 is 17.4. The van der Waals surface area contributed by atoms with Crippen LogP contribution < -0.4 is 9.47 Å². The van der Waals surface area contributed by atoms with Crippen LogP contribution in [0.2, 0.25) is 0 Å². The van der Waals surface area contributed by atoms with Crippen molar-refractivity contribution < 1.29 is 14.1 Å². The van der Waals surface area contributed by atoms with Crippen molar-refractivity contribution in [2.45, 2.75) is 34.0 Å². The van der Waals surface area contributed by atoms with Gasteiger partial charge in [0.1, 0.15) is 35.7 Å². The lowest BCUT2D eigenvalue weighted by Gasteiger charge is -2.26. The smallest absolute Gasteiger partial charge is 0.145 e. The molecule has 4 aromatic rings. The minimum Gasteiger partial charge on any atom is -0.487 e. The second-order valence-corrected chi connectivity index (χ2v) is 9.22. The number of aryl methyl sites for hydroxylation is 2. The Morgan fingerprint density at radius 3 is 2.35 bits per heavy atom. The highest BCUT2D eigenvalue weighted by Crippen LogP contribution is 2.54. The Morgan fingerprint density at radius 1 is 0.885 bits per heavy atom. The molecule has 0 aliphatic carbocycles. The average Bonchev–Trinajstić information content (AvgIpc) is 3.31. The summed E-state index contributed by atoms with van der Waals surface area (Å²) in [6, 6.07) is 2.09. The van der Waals surface area contributed by atoms with E-state index < -0.39 is 0 Å². The lowest BCUT2D eigenvalue weighted by Crippen LogP contribution is -2.14. The van der Waals surface area contributed by atoms with E-state index in [4.69, 9.17) is 14.1 Å². The molecule has 0 spiro atoms. The van der Waals surface area contributed by atoms with Crippen molar-refractivity contribution in [1.29, 1.82) is 0 Å². The summed E-state index contributed by atoms with van der Waals surface area (Å²) in [5.74, 6) is 1.89. The number of thiophene rings is 2. The van der Waals surface area contributed by atoms with E-state index in [1.165, 1.54) is 15.3 Å². The average molecular weight is 382 g/mol. The zero-order valence-electron chi connectivity index (χ0n) is 14.4. The van der Waals surface area contributed by atoms with Crippen molar-refractivity contribution in [3.05, 3.63) is 32.5 Å². The van der Waals surface area contributed by atoms with Gasteiger partial charge in [-0.3, -0.25) is 0 Å². The SMILES string of the molecule is Cc1cc2c(s1)-c1c(c3c(c4nonc14)-c1sc(C)c(C)c1OC3)CO2. The van der Waals surface area contributed by atoms with E-state index in [-0.39, 0.29) is 0 Å². The summed E-state index contributed by atoms with van der Waals surface area (Å²) in [6.45, 7) is 7.37. The van der Waals surface area contributed by atoms with Crippen LogP contribution in [0.15, 0.2) is 10.7 Å². The first kappa shape index (κ1) is 14.8. The zero-order chi connectivity index (χ0) is 17.6. The van der Waals surface area contributed by atoms with Gasteiger partial charge < -0.3 is 9.47 Å². The van der Waals surface area contributed by atoms with E-state index in [0.717, 1.165) is 54.5 Å². The fourth-order valence-electron chi connectivity index (χ4n) is 3.92. The Hall–Kier alpha value is -2.38. The van der Waals surface area contributed by atoms with Crippen molar-refractivity contribution in [2.24, 2.45) is 0 Å². The summed E-state index contributed by atoms with van der Waals surface area (Å²) in [6.07, 6.45) is 0. The van der Waals surface area contributed by atoms with Gasteiger partial charge in [-0.05, 0) is 37.2 Å². The van der Waals surface area contributed by atoms with Crippen LogP contribution in [0, 0.1) is 20.8 Å². The highest BCUT2D eigenvalue weighted by Gasteiger charge is 2.34. The minimum atomic E-state index is 0.520. The number of ether oxygens (including phenoxy) is 2. The Morgan fingerprint density at radius 2 is 1.58 bits per heavy atom. The van der Waals surface area contributed by atoms with Gasteiger partial charge in [-0.15, -0.1) is 22.7 Å². The minimum absolute atomic E-state index is 0.520. The van der Waals surface area contributed by atoms with Gasteiger partial charge in [0.05, 0.1) is 9.75 Å². The maximum absolute atomic E-state index is 6.17. The first-order valence-corrected chi connectivity index (χ1v) is 10.0. The van der Waals surface area contributed by atoms with E-state index in [1.54, 1.807) is 22.7 Å². The molecule has 0 fully saturated rings. The molecule has 3 aromatic heterocycles. The van der Waals surface area contributed by atoms with Crippen LogP contribution in [0.1, 0.15) is 26.4 Å². The molecule has 0 amide bonds. The van der Waals surface area contributed by atoms with Crippen LogP contribution in [0.5, 0.6) is 11.5 Å². The summed E-state index contributed by atoms with van der Waals surface area (Å²) in [5, 5.41) is 8.57. The maximum atomic E-state index is 6.17. The molecule has 0 unspecified atom stereocenters. The van der Waals surface area contributed by atoms with E-state index >= 15 is 0 Å². The molecule has 26 heavy (non-hydrogen) atoms. The van der Waals surface area contributed by atoms with Crippen LogP contribution in [0.3, 0.4) is 0 Å². The Labute approximate surface area is 157 Å². The van der Waals surface area contributed by atoms with E-state index in [9.17, 15) is 0 Å². The zero-order valence-corrected chi connectivity index (χ0v) is 16.1. The number of aromatic nitrogens is 2. The third-order valence-corrected chi connectivity index (χ3v) is 7.52. The molecule has 0 N–H and O–H groups in total. The normalized spacial score (nSPS) is 14.3. The van der Waals surface area contributed by atoms with Crippen molar-refractivity contribution in [3.8, 4) is 32.4 Å². The van der Waals surface area contributed by atoms with Crippen molar-refractivity contribution in [3.63, 3.8) is 0 Å². The molecule has 0 bridgehead atoms. The van der Waals surface area contributed by atoms with Gasteiger partial charge in [0, 0.05) is 37.6 Å². The molecule has 0 radical (unpaired) electrons. The van der Waals surface area contributed by atoms with Crippen LogP contribution >= 0.6 is 22.7 Å². The van der Waals surface area contributed by atoms with E-state index in [2.05, 4.69) is 37.2 Å². The summed E-state index contributed by atoms with van der Waals surface area (Å²) in [4.78, 5) is 4.71. The predicted octanol–water partition coefficient (Wildman–Crippen LogP) is 5.39. The second kappa shape index (κ2) is 4.86. The third kappa shape index (κ3) is 1.70. The van der Waals surface area contributed by atoms with Gasteiger partial charge in [-0.1, -0.05) is 0 Å². The topological polar surface area (TPSA) is 57.4 Å². The standard InChI is InChI=1S/C19H14N2O3S2/c1-7-4-12-18(25-7)13-10(5-22-12)11-6-23-17-8(2)9(3)26-19(17)14(11)16-15(13)20-24-21-16/h4H,5-6H2,1-3H3. The molecule has 6 rings (SSSR count). The fourth-order valence-corrected chi connectivity index (χ4v) is 6.13. The van der Waals surface area contributed by atoms with Gasteiger partial charge in [0.2, 0.25) is 0 Å². The quantitative estimate of drug-likeness (QED) is 0.408. The summed E-state index contributed by atoms with van der Waals surface area (Å²) >= 11 is 3.47. The van der Waals surface area contributed by atoms with E-state index in [1.807, 2.05) is 0 Å². The summed E-state index contributed by atoms with van der Waals surface area (Å²) in [7, 11) is 0. The first-order chi connectivity index (χ1) is 12.6. The molecule has 0 saturated carbocycles. The fraction of sp³-hybridized carbons (Fsp3) is 0.263. The van der Waals surface area contributed by atoms with Crippen LogP contribution in [-0.4, -0.2) is 10.3 Å². The molecule has 1 aromatic carbocycles. The largest absolute Gasteiger partial charge is 0.487 e. The molecular weight excluding hydrogens is 368 g/mol. The monoisotopic (exact) mass is 382 g/mol. The molecule has 5 heterocycles. The molecule has 2 aliphatic rings. The highest BCUT2D eigenvalue weighted by atomic mass is 32.1. The van der Waals surface area contributed by atoms with Gasteiger partial charge in [0.15, 0.2) is 0 Å². The highest BCUT2D eigenvalue weighted by molar-refractivity contribution is 7.16. The van der Waals surface area contributed by atoms with Gasteiger partial charge in [-0.2, -0.15) is 0 Å². The maximum Gasteiger partial charge on any atom is 0.145 e. The van der Waals surface area contributed by atoms with Crippen LogP contribution in [-0.2, 0) is 13.2 Å². The van der Waals surface area contributed by atoms with Gasteiger partial charge in [0.25, 0.3) is 0 Å². The lowest BCUT2D eigenvalue weighted by atomic mass is 9.90. The number of hydrogen-bond acceptors (Lipinski definition) is 7. The Kier molecular flexibility index (Phi) is 2.76. The predicted molar refractivity (Wildman–Crippen MR) is 101 cm³/mol. The van der Waals surface area contributed by atoms with E-state index in [0.29, 0.717) is 13.2 Å². The van der Waals surface area contributed by atoms with Gasteiger partial charge in [-0.25, -0.2) is 4.63 Å². The molecular formula is C19H14N2O3S2. The molecule has 0 atom stereocenters. The Balaban J connectivity index is 1.77. The van der Waals surface area contributed by atoms with Crippen molar-refractivity contribution in [2.75, 3.05) is 0 Å². The first-order valence-electron chi connectivity index (χ1n) is 8.40. The number of hydrogen-bond donors (Lipinski definition) is 0.